The second-order valence-corrected chi connectivity index (χ2v) is 6.63. The van der Waals surface area contributed by atoms with Gasteiger partial charge < -0.3 is 11.1 Å². The van der Waals surface area contributed by atoms with Crippen LogP contribution in [0, 0.1) is 0 Å². The summed E-state index contributed by atoms with van der Waals surface area (Å²) in [7, 11) is -3.52. The number of sulfonamides is 1. The molecule has 0 unspecified atom stereocenters. The SMILES string of the molecule is CCNC(=O)CN(CC)S(=O)(=O)Cc1ccc(CN)cc1. The Labute approximate surface area is 126 Å². The number of benzene rings is 1. The van der Waals surface area contributed by atoms with Crippen LogP contribution in [0.1, 0.15) is 25.0 Å². The van der Waals surface area contributed by atoms with Gasteiger partial charge in [-0.2, -0.15) is 4.31 Å². The van der Waals surface area contributed by atoms with Crippen molar-refractivity contribution >= 4 is 15.9 Å². The summed E-state index contributed by atoms with van der Waals surface area (Å²) in [5.41, 5.74) is 7.14. The molecule has 0 heterocycles. The molecule has 1 aromatic carbocycles. The van der Waals surface area contributed by atoms with Gasteiger partial charge in [0.25, 0.3) is 0 Å². The molecule has 0 atom stereocenters. The van der Waals surface area contributed by atoms with Crippen molar-refractivity contribution in [1.82, 2.24) is 9.62 Å². The van der Waals surface area contributed by atoms with Crippen LogP contribution in [0.4, 0.5) is 0 Å². The topological polar surface area (TPSA) is 92.5 Å². The minimum Gasteiger partial charge on any atom is -0.355 e. The van der Waals surface area contributed by atoms with Gasteiger partial charge in [-0.15, -0.1) is 0 Å². The van der Waals surface area contributed by atoms with Gasteiger partial charge in [0, 0.05) is 19.6 Å². The zero-order valence-electron chi connectivity index (χ0n) is 12.5. The molecule has 1 aromatic rings. The Balaban J connectivity index is 2.79. The van der Waals surface area contributed by atoms with Crippen molar-refractivity contribution in [3.8, 4) is 0 Å². The van der Waals surface area contributed by atoms with Crippen LogP contribution in [0.25, 0.3) is 0 Å². The smallest absolute Gasteiger partial charge is 0.235 e. The van der Waals surface area contributed by atoms with Gasteiger partial charge in [-0.25, -0.2) is 8.42 Å². The fourth-order valence-electron chi connectivity index (χ4n) is 1.89. The number of amides is 1. The molecule has 0 bridgehead atoms. The Morgan fingerprint density at radius 2 is 1.76 bits per heavy atom. The summed E-state index contributed by atoms with van der Waals surface area (Å²) in [6, 6.07) is 7.12. The maximum atomic E-state index is 12.3. The average Bonchev–Trinajstić information content (AvgIpc) is 2.45. The summed E-state index contributed by atoms with van der Waals surface area (Å²) in [4.78, 5) is 11.6. The first kappa shape index (κ1) is 17.6. The molecule has 21 heavy (non-hydrogen) atoms. The molecule has 0 aliphatic rings. The number of nitrogens with two attached hydrogens (primary N) is 1. The van der Waals surface area contributed by atoms with Crippen molar-refractivity contribution in [1.29, 1.82) is 0 Å². The third-order valence-electron chi connectivity index (χ3n) is 3.05. The van der Waals surface area contributed by atoms with Crippen molar-refractivity contribution in [2.24, 2.45) is 5.73 Å². The number of nitrogens with zero attached hydrogens (tertiary/aromatic N) is 1. The summed E-state index contributed by atoms with van der Waals surface area (Å²) in [5, 5.41) is 2.60. The normalized spacial score (nSPS) is 11.6. The van der Waals surface area contributed by atoms with Crippen LogP contribution >= 0.6 is 0 Å². The first-order valence-electron chi connectivity index (χ1n) is 6.95. The Hall–Kier alpha value is -1.44. The highest BCUT2D eigenvalue weighted by atomic mass is 32.2. The van der Waals surface area contributed by atoms with E-state index >= 15 is 0 Å². The van der Waals surface area contributed by atoms with E-state index in [9.17, 15) is 13.2 Å². The van der Waals surface area contributed by atoms with Gasteiger partial charge >= 0.3 is 0 Å². The van der Waals surface area contributed by atoms with Crippen molar-refractivity contribution < 1.29 is 13.2 Å². The van der Waals surface area contributed by atoms with Gasteiger partial charge in [0.05, 0.1) is 12.3 Å². The van der Waals surface area contributed by atoms with E-state index in [4.69, 9.17) is 5.73 Å². The molecule has 0 spiro atoms. The van der Waals surface area contributed by atoms with Crippen molar-refractivity contribution in [2.45, 2.75) is 26.1 Å². The lowest BCUT2D eigenvalue weighted by molar-refractivity contribution is -0.121. The fourth-order valence-corrected chi connectivity index (χ4v) is 3.40. The van der Waals surface area contributed by atoms with Gasteiger partial charge in [0.2, 0.25) is 15.9 Å². The second kappa shape index (κ2) is 8.11. The molecule has 1 rings (SSSR count). The highest BCUT2D eigenvalue weighted by molar-refractivity contribution is 7.88. The van der Waals surface area contributed by atoms with Crippen molar-refractivity contribution in [2.75, 3.05) is 19.6 Å². The standard InChI is InChI=1S/C14H23N3O3S/c1-3-16-14(18)10-17(4-2)21(19,20)11-13-7-5-12(9-15)6-8-13/h5-8H,3-4,9-11,15H2,1-2H3,(H,16,18). The molecule has 0 fully saturated rings. The molecule has 0 saturated carbocycles. The number of carbonyl (C=O) groups excluding carboxylic acids is 1. The molecular weight excluding hydrogens is 290 g/mol. The van der Waals surface area contributed by atoms with E-state index in [0.717, 1.165) is 5.56 Å². The van der Waals surface area contributed by atoms with Crippen molar-refractivity contribution in [3.05, 3.63) is 35.4 Å². The molecule has 6 nitrogen and oxygen atoms in total. The number of nitrogens with one attached hydrogen (secondary N) is 1. The molecule has 0 saturated heterocycles. The predicted molar refractivity (Wildman–Crippen MR) is 82.9 cm³/mol. The highest BCUT2D eigenvalue weighted by Gasteiger charge is 2.23. The molecule has 0 aliphatic heterocycles. The van der Waals surface area contributed by atoms with Gasteiger partial charge in [0.15, 0.2) is 0 Å². The lowest BCUT2D eigenvalue weighted by Crippen LogP contribution is -2.41. The van der Waals surface area contributed by atoms with E-state index in [1.54, 1.807) is 26.0 Å². The van der Waals surface area contributed by atoms with E-state index in [2.05, 4.69) is 5.32 Å². The second-order valence-electron chi connectivity index (χ2n) is 4.66. The van der Waals surface area contributed by atoms with Gasteiger partial charge in [-0.3, -0.25) is 4.79 Å². The number of hydrogen-bond donors (Lipinski definition) is 2. The van der Waals surface area contributed by atoms with Crippen LogP contribution < -0.4 is 11.1 Å². The quantitative estimate of drug-likeness (QED) is 0.728. The zero-order valence-corrected chi connectivity index (χ0v) is 13.3. The molecule has 0 radical (unpaired) electrons. The lowest BCUT2D eigenvalue weighted by Gasteiger charge is -2.20. The Bertz CT molecular complexity index is 555. The average molecular weight is 313 g/mol. The summed E-state index contributed by atoms with van der Waals surface area (Å²) < 4.78 is 25.9. The van der Waals surface area contributed by atoms with Crippen LogP contribution in [0.5, 0.6) is 0 Å². The van der Waals surface area contributed by atoms with Gasteiger partial charge in [-0.05, 0) is 18.1 Å². The maximum absolute atomic E-state index is 12.3. The molecule has 7 heteroatoms. The number of likely N-dealkylation sites (N-methyl/N-ethyl adjacent to an activating group) is 2. The van der Waals surface area contributed by atoms with E-state index < -0.39 is 10.0 Å². The third kappa shape index (κ3) is 5.45. The van der Waals surface area contributed by atoms with Crippen LogP contribution in [0.15, 0.2) is 24.3 Å². The fraction of sp³-hybridized carbons (Fsp3) is 0.500. The van der Waals surface area contributed by atoms with E-state index in [1.807, 2.05) is 12.1 Å². The Kier molecular flexibility index (Phi) is 6.80. The highest BCUT2D eigenvalue weighted by Crippen LogP contribution is 2.12. The van der Waals surface area contributed by atoms with Crippen LogP contribution in [0.2, 0.25) is 0 Å². The number of rotatable bonds is 8. The summed E-state index contributed by atoms with van der Waals surface area (Å²) in [6.07, 6.45) is 0. The van der Waals surface area contributed by atoms with E-state index in [0.29, 0.717) is 18.7 Å². The largest absolute Gasteiger partial charge is 0.355 e. The molecular formula is C14H23N3O3S. The third-order valence-corrected chi connectivity index (χ3v) is 4.92. The first-order chi connectivity index (χ1) is 9.92. The molecule has 0 aromatic heterocycles. The minimum absolute atomic E-state index is 0.120. The van der Waals surface area contributed by atoms with Crippen LogP contribution in [-0.4, -0.2) is 38.3 Å². The summed E-state index contributed by atoms with van der Waals surface area (Å²) in [5.74, 6) is -0.410. The molecule has 0 aliphatic carbocycles. The van der Waals surface area contributed by atoms with Crippen LogP contribution in [-0.2, 0) is 27.1 Å². The molecule has 118 valence electrons. The van der Waals surface area contributed by atoms with Crippen molar-refractivity contribution in [3.63, 3.8) is 0 Å². The maximum Gasteiger partial charge on any atom is 0.235 e. The van der Waals surface area contributed by atoms with E-state index in [-0.39, 0.29) is 24.7 Å². The molecule has 1 amide bonds. The Morgan fingerprint density at radius 1 is 1.19 bits per heavy atom. The lowest BCUT2D eigenvalue weighted by atomic mass is 10.1. The Morgan fingerprint density at radius 3 is 2.24 bits per heavy atom. The van der Waals surface area contributed by atoms with E-state index in [1.165, 1.54) is 4.31 Å². The zero-order chi connectivity index (χ0) is 15.9. The number of hydrogen-bond acceptors (Lipinski definition) is 4. The van der Waals surface area contributed by atoms with Gasteiger partial charge in [0.1, 0.15) is 0 Å². The number of carbonyl (C=O) groups is 1. The monoisotopic (exact) mass is 313 g/mol. The molecule has 3 N–H and O–H groups in total. The minimum atomic E-state index is -3.52. The summed E-state index contributed by atoms with van der Waals surface area (Å²) >= 11 is 0. The van der Waals surface area contributed by atoms with Gasteiger partial charge in [-0.1, -0.05) is 31.2 Å². The predicted octanol–water partition coefficient (Wildman–Crippen LogP) is 0.433. The summed E-state index contributed by atoms with van der Waals surface area (Å²) in [6.45, 7) is 4.53. The first-order valence-corrected chi connectivity index (χ1v) is 8.56. The van der Waals surface area contributed by atoms with Crippen LogP contribution in [0.3, 0.4) is 0 Å².